The number of carbonyl (C=O) groups excluding carboxylic acids is 2. The van der Waals surface area contributed by atoms with Crippen LogP contribution in [0.3, 0.4) is 0 Å². The average molecular weight is 330 g/mol. The Balaban J connectivity index is 1.79. The van der Waals surface area contributed by atoms with Gasteiger partial charge in [-0.25, -0.2) is 5.43 Å². The third-order valence-electron chi connectivity index (χ3n) is 5.96. The second-order valence-electron chi connectivity index (χ2n) is 7.11. The molecule has 2 fully saturated rings. The number of hydrogen-bond donors (Lipinski definition) is 1. The number of rotatable bonds is 4. The third-order valence-corrected chi connectivity index (χ3v) is 5.96. The van der Waals surface area contributed by atoms with Crippen LogP contribution in [0.1, 0.15) is 39.2 Å². The summed E-state index contributed by atoms with van der Waals surface area (Å²) in [5.74, 6) is -0.0226. The topological polar surface area (TPSA) is 77.0 Å². The second-order valence-corrected chi connectivity index (χ2v) is 7.11. The Bertz CT molecular complexity index is 727. The lowest BCUT2D eigenvalue weighted by molar-refractivity contribution is -0.168. The van der Waals surface area contributed by atoms with Gasteiger partial charge in [-0.3, -0.25) is 9.59 Å². The summed E-state index contributed by atoms with van der Waals surface area (Å²) in [6, 6.07) is 7.35. The molecule has 1 aromatic carbocycles. The van der Waals surface area contributed by atoms with Crippen molar-refractivity contribution in [3.63, 3.8) is 0 Å². The molecule has 6 heteroatoms. The van der Waals surface area contributed by atoms with E-state index in [4.69, 9.17) is 9.47 Å². The molecule has 24 heavy (non-hydrogen) atoms. The van der Waals surface area contributed by atoms with Crippen molar-refractivity contribution < 1.29 is 19.1 Å². The number of nitrogens with zero attached hydrogens (tertiary/aromatic N) is 1. The average Bonchev–Trinajstić information content (AvgIpc) is 2.85. The Hall–Kier alpha value is -2.37. The van der Waals surface area contributed by atoms with Crippen molar-refractivity contribution in [2.75, 3.05) is 7.11 Å². The van der Waals surface area contributed by atoms with Gasteiger partial charge in [-0.15, -0.1) is 0 Å². The standard InChI is InChI=1S/C18H22N2O4/c1-16(2)17(3)9-10-18(16,24-15(17)22)14(21)20-19-11-12-7-5-6-8-13(12)23-4/h5-8,11H,9-10H2,1-4H3,(H,20,21)/b19-11-/t17-,18+/m0/s1. The largest absolute Gasteiger partial charge is 0.496 e. The van der Waals surface area contributed by atoms with Gasteiger partial charge in [0.2, 0.25) is 0 Å². The van der Waals surface area contributed by atoms with Gasteiger partial charge in [0.25, 0.3) is 5.91 Å². The number of hydrogen-bond acceptors (Lipinski definition) is 5. The fraction of sp³-hybridized carbons (Fsp3) is 0.500. The quantitative estimate of drug-likeness (QED) is 0.522. The maximum atomic E-state index is 12.7. The molecule has 1 aliphatic heterocycles. The molecule has 2 aliphatic rings. The highest BCUT2D eigenvalue weighted by Gasteiger charge is 2.75. The van der Waals surface area contributed by atoms with Crippen molar-refractivity contribution in [3.8, 4) is 5.75 Å². The fourth-order valence-electron chi connectivity index (χ4n) is 3.77. The first-order valence-electron chi connectivity index (χ1n) is 7.98. The molecule has 2 atom stereocenters. The van der Waals surface area contributed by atoms with E-state index in [9.17, 15) is 9.59 Å². The smallest absolute Gasteiger partial charge is 0.313 e. The van der Waals surface area contributed by atoms with Gasteiger partial charge in [0.05, 0.1) is 18.7 Å². The molecule has 0 radical (unpaired) electrons. The first kappa shape index (κ1) is 16.5. The molecule has 3 rings (SSSR count). The first-order valence-corrected chi connectivity index (χ1v) is 7.98. The van der Waals surface area contributed by atoms with Crippen LogP contribution in [-0.4, -0.2) is 30.8 Å². The number of carbonyl (C=O) groups is 2. The summed E-state index contributed by atoms with van der Waals surface area (Å²) in [7, 11) is 1.57. The monoisotopic (exact) mass is 330 g/mol. The molecule has 0 spiro atoms. The summed E-state index contributed by atoms with van der Waals surface area (Å²) < 4.78 is 10.8. The normalized spacial score (nSPS) is 30.4. The Morgan fingerprint density at radius 2 is 2.00 bits per heavy atom. The van der Waals surface area contributed by atoms with Crippen LogP contribution in [0, 0.1) is 10.8 Å². The number of hydrazone groups is 1. The second kappa shape index (κ2) is 5.33. The molecule has 1 heterocycles. The minimum atomic E-state index is -1.16. The van der Waals surface area contributed by atoms with Crippen LogP contribution in [0.2, 0.25) is 0 Å². The summed E-state index contributed by atoms with van der Waals surface area (Å²) in [5, 5.41) is 4.02. The zero-order valence-electron chi connectivity index (χ0n) is 14.4. The van der Waals surface area contributed by atoms with Gasteiger partial charge in [-0.1, -0.05) is 26.0 Å². The van der Waals surface area contributed by atoms with E-state index < -0.39 is 16.4 Å². The lowest BCUT2D eigenvalue weighted by Crippen LogP contribution is -2.52. The van der Waals surface area contributed by atoms with Crippen molar-refractivity contribution in [1.29, 1.82) is 0 Å². The molecule has 6 nitrogen and oxygen atoms in total. The Labute approximate surface area is 141 Å². The summed E-state index contributed by atoms with van der Waals surface area (Å²) >= 11 is 0. The molecule has 1 N–H and O–H groups in total. The zero-order chi connectivity index (χ0) is 17.6. The number of ether oxygens (including phenoxy) is 2. The predicted molar refractivity (Wildman–Crippen MR) is 88.7 cm³/mol. The van der Waals surface area contributed by atoms with E-state index in [1.165, 1.54) is 6.21 Å². The van der Waals surface area contributed by atoms with E-state index >= 15 is 0 Å². The number of fused-ring (bicyclic) bond motifs is 2. The van der Waals surface area contributed by atoms with Gasteiger partial charge < -0.3 is 9.47 Å². The highest BCUT2D eigenvalue weighted by Crippen LogP contribution is 2.65. The van der Waals surface area contributed by atoms with Gasteiger partial charge in [0, 0.05) is 11.0 Å². The maximum absolute atomic E-state index is 12.7. The number of amides is 1. The number of nitrogens with one attached hydrogen (secondary N) is 1. The molecule has 1 saturated heterocycles. The van der Waals surface area contributed by atoms with Crippen molar-refractivity contribution in [2.45, 2.75) is 39.2 Å². The van der Waals surface area contributed by atoms with Gasteiger partial charge >= 0.3 is 5.97 Å². The van der Waals surface area contributed by atoms with E-state index in [1.54, 1.807) is 7.11 Å². The third kappa shape index (κ3) is 1.98. The van der Waals surface area contributed by atoms with Gasteiger partial charge in [-0.2, -0.15) is 5.10 Å². The van der Waals surface area contributed by atoms with E-state index in [0.29, 0.717) is 18.6 Å². The zero-order valence-corrected chi connectivity index (χ0v) is 14.4. The summed E-state index contributed by atoms with van der Waals surface area (Å²) in [5.41, 5.74) is 0.915. The minimum Gasteiger partial charge on any atom is -0.496 e. The lowest BCUT2D eigenvalue weighted by atomic mass is 9.66. The minimum absolute atomic E-state index is 0.303. The van der Waals surface area contributed by atoms with Crippen molar-refractivity contribution in [1.82, 2.24) is 5.43 Å². The molecule has 2 bridgehead atoms. The fourth-order valence-corrected chi connectivity index (χ4v) is 3.77. The Kier molecular flexibility index (Phi) is 3.66. The van der Waals surface area contributed by atoms with E-state index in [-0.39, 0.29) is 11.9 Å². The number of esters is 1. The SMILES string of the molecule is COc1ccccc1/C=N\NC(=O)[C@@]12CC[C@@](C)(C(=O)O1)C2(C)C. The van der Waals surface area contributed by atoms with Crippen LogP contribution in [0.4, 0.5) is 0 Å². The maximum Gasteiger partial charge on any atom is 0.313 e. The van der Waals surface area contributed by atoms with Crippen LogP contribution < -0.4 is 10.2 Å². The van der Waals surface area contributed by atoms with E-state index in [2.05, 4.69) is 10.5 Å². The van der Waals surface area contributed by atoms with Crippen molar-refractivity contribution >= 4 is 18.1 Å². The van der Waals surface area contributed by atoms with Gasteiger partial charge in [0.15, 0.2) is 5.60 Å². The molecule has 128 valence electrons. The van der Waals surface area contributed by atoms with Crippen LogP contribution in [0.25, 0.3) is 0 Å². The van der Waals surface area contributed by atoms with E-state index in [1.807, 2.05) is 45.0 Å². The van der Waals surface area contributed by atoms with Crippen molar-refractivity contribution in [3.05, 3.63) is 29.8 Å². The molecule has 0 unspecified atom stereocenters. The van der Waals surface area contributed by atoms with Crippen molar-refractivity contribution in [2.24, 2.45) is 15.9 Å². The van der Waals surface area contributed by atoms with E-state index in [0.717, 1.165) is 5.56 Å². The number of para-hydroxylation sites is 1. The van der Waals surface area contributed by atoms with Gasteiger partial charge in [0.1, 0.15) is 5.75 Å². The molecule has 1 amide bonds. The highest BCUT2D eigenvalue weighted by molar-refractivity contribution is 5.96. The summed E-state index contributed by atoms with van der Waals surface area (Å²) in [6.45, 7) is 5.69. The molecule has 1 saturated carbocycles. The number of benzene rings is 1. The number of methoxy groups -OCH3 is 1. The van der Waals surface area contributed by atoms with Crippen LogP contribution >= 0.6 is 0 Å². The van der Waals surface area contributed by atoms with Crippen LogP contribution in [-0.2, 0) is 14.3 Å². The predicted octanol–water partition coefficient (Wildman–Crippen LogP) is 2.27. The van der Waals surface area contributed by atoms with Crippen LogP contribution in [0.5, 0.6) is 5.75 Å². The molecule has 1 aliphatic carbocycles. The Morgan fingerprint density at radius 3 is 2.58 bits per heavy atom. The van der Waals surface area contributed by atoms with Crippen LogP contribution in [0.15, 0.2) is 29.4 Å². The summed E-state index contributed by atoms with van der Waals surface area (Å²) in [4.78, 5) is 24.9. The molecule has 0 aromatic heterocycles. The Morgan fingerprint density at radius 1 is 1.29 bits per heavy atom. The molecule has 1 aromatic rings. The summed E-state index contributed by atoms with van der Waals surface area (Å²) in [6.07, 6.45) is 2.67. The van der Waals surface area contributed by atoms with Gasteiger partial charge in [-0.05, 0) is 31.9 Å². The lowest BCUT2D eigenvalue weighted by Gasteiger charge is -2.34. The highest BCUT2D eigenvalue weighted by atomic mass is 16.6. The molecular weight excluding hydrogens is 308 g/mol. The first-order chi connectivity index (χ1) is 11.3. The molecular formula is C18H22N2O4.